The highest BCUT2D eigenvalue weighted by Crippen LogP contribution is 2.30. The summed E-state index contributed by atoms with van der Waals surface area (Å²) in [4.78, 5) is 12.6. The normalized spacial score (nSPS) is 17.0. The Morgan fingerprint density at radius 2 is 1.32 bits per heavy atom. The van der Waals surface area contributed by atoms with Gasteiger partial charge in [0.2, 0.25) is 0 Å². The van der Waals surface area contributed by atoms with Crippen molar-refractivity contribution in [3.63, 3.8) is 0 Å². The van der Waals surface area contributed by atoms with Gasteiger partial charge in [-0.3, -0.25) is 0 Å². The lowest BCUT2D eigenvalue weighted by atomic mass is 10.0. The van der Waals surface area contributed by atoms with E-state index in [1.807, 2.05) is 0 Å². The Balaban J connectivity index is 1.35. The Morgan fingerprint density at radius 3 is 1.93 bits per heavy atom. The zero-order chi connectivity index (χ0) is 29.1. The van der Waals surface area contributed by atoms with Gasteiger partial charge in [0.25, 0.3) is 0 Å². The van der Waals surface area contributed by atoms with Gasteiger partial charge in [-0.15, -0.1) is 0 Å². The molecule has 2 aromatic rings. The number of benzene rings is 2. The van der Waals surface area contributed by atoms with Crippen LogP contribution in [-0.2, 0) is 9.47 Å². The molecule has 0 unspecified atom stereocenters. The van der Waals surface area contributed by atoms with Crippen LogP contribution in [0, 0.1) is 11.7 Å². The summed E-state index contributed by atoms with van der Waals surface area (Å²) in [6.45, 7) is 6.25. The highest BCUT2D eigenvalue weighted by Gasteiger charge is 2.26. The van der Waals surface area contributed by atoms with Gasteiger partial charge in [0.15, 0.2) is 6.29 Å². The van der Waals surface area contributed by atoms with Crippen molar-refractivity contribution in [2.75, 3.05) is 19.8 Å². The molecular formula is C35H51FO5. The lowest BCUT2D eigenvalue weighted by Crippen LogP contribution is -2.27. The molecule has 5 nitrogen and oxygen atoms in total. The van der Waals surface area contributed by atoms with Gasteiger partial charge in [0, 0.05) is 11.5 Å². The predicted octanol–water partition coefficient (Wildman–Crippen LogP) is 9.98. The van der Waals surface area contributed by atoms with Gasteiger partial charge in [0.1, 0.15) is 17.3 Å². The number of carbonyl (C=O) groups is 1. The lowest BCUT2D eigenvalue weighted by molar-refractivity contribution is -0.207. The first kappa shape index (κ1) is 33.1. The quantitative estimate of drug-likeness (QED) is 0.0901. The van der Waals surface area contributed by atoms with Crippen LogP contribution < -0.4 is 9.47 Å². The smallest absolute Gasteiger partial charge is 0.343 e. The second kappa shape index (κ2) is 19.6. The highest BCUT2D eigenvalue weighted by molar-refractivity contribution is 5.91. The van der Waals surface area contributed by atoms with E-state index in [1.165, 1.54) is 89.5 Å². The fourth-order valence-electron chi connectivity index (χ4n) is 5.14. The fraction of sp³-hybridized carbons (Fsp3) is 0.629. The molecule has 0 N–H and O–H groups in total. The molecule has 1 heterocycles. The SMILES string of the molecule is CCCCCCCCCOc1ccc(OC(=O)c2ccc(C3OCC(CCCCCCCCC)CO3)c(F)c2)cc1. The van der Waals surface area contributed by atoms with Crippen molar-refractivity contribution in [2.45, 2.75) is 116 Å². The number of rotatable bonds is 20. The van der Waals surface area contributed by atoms with Gasteiger partial charge in [-0.1, -0.05) is 103 Å². The second-order valence-corrected chi connectivity index (χ2v) is 11.3. The number of hydrogen-bond acceptors (Lipinski definition) is 5. The van der Waals surface area contributed by atoms with Crippen LogP contribution in [0.1, 0.15) is 132 Å². The van der Waals surface area contributed by atoms with Crippen molar-refractivity contribution in [3.8, 4) is 11.5 Å². The van der Waals surface area contributed by atoms with E-state index in [1.54, 1.807) is 36.4 Å². The molecule has 1 fully saturated rings. The molecule has 0 amide bonds. The summed E-state index contributed by atoms with van der Waals surface area (Å²) in [6.07, 6.45) is 17.9. The molecule has 0 spiro atoms. The Hall–Kier alpha value is -2.44. The summed E-state index contributed by atoms with van der Waals surface area (Å²) in [5.74, 6) is 0.310. The minimum Gasteiger partial charge on any atom is -0.494 e. The molecule has 0 radical (unpaired) electrons. The third kappa shape index (κ3) is 12.5. The van der Waals surface area contributed by atoms with Crippen LogP contribution in [0.25, 0.3) is 0 Å². The summed E-state index contributed by atoms with van der Waals surface area (Å²) >= 11 is 0. The minimum absolute atomic E-state index is 0.137. The van der Waals surface area contributed by atoms with Crippen LogP contribution in [0.15, 0.2) is 42.5 Å². The standard InChI is InChI=1S/C35H51FO5/c1-3-5-7-9-11-13-15-17-28-26-39-35(40-27-28)32-23-18-29(25-33(32)36)34(37)41-31-21-19-30(20-22-31)38-24-16-14-12-10-8-6-4-2/h18-23,25,28,35H,3-17,24,26-27H2,1-2H3. The van der Waals surface area contributed by atoms with Crippen molar-refractivity contribution in [3.05, 3.63) is 59.4 Å². The Labute approximate surface area is 247 Å². The largest absolute Gasteiger partial charge is 0.494 e. The summed E-state index contributed by atoms with van der Waals surface area (Å²) in [5, 5.41) is 0. The third-order valence-electron chi connectivity index (χ3n) is 7.72. The van der Waals surface area contributed by atoms with Gasteiger partial charge < -0.3 is 18.9 Å². The molecule has 1 aliphatic rings. The molecule has 41 heavy (non-hydrogen) atoms. The Bertz CT molecular complexity index is 985. The number of carbonyl (C=O) groups excluding carboxylic acids is 1. The maximum Gasteiger partial charge on any atom is 0.343 e. The Kier molecular flexibility index (Phi) is 15.8. The van der Waals surface area contributed by atoms with E-state index in [0.29, 0.717) is 37.1 Å². The lowest BCUT2D eigenvalue weighted by Gasteiger charge is -2.30. The fourth-order valence-corrected chi connectivity index (χ4v) is 5.14. The van der Waals surface area contributed by atoms with Crippen molar-refractivity contribution >= 4 is 5.97 Å². The predicted molar refractivity (Wildman–Crippen MR) is 162 cm³/mol. The number of halogens is 1. The van der Waals surface area contributed by atoms with E-state index in [4.69, 9.17) is 18.9 Å². The Morgan fingerprint density at radius 1 is 0.756 bits per heavy atom. The molecule has 6 heteroatoms. The molecule has 228 valence electrons. The van der Waals surface area contributed by atoms with E-state index in [-0.39, 0.29) is 5.56 Å². The summed E-state index contributed by atoms with van der Waals surface area (Å²) < 4.78 is 37.9. The molecule has 0 atom stereocenters. The van der Waals surface area contributed by atoms with E-state index >= 15 is 0 Å². The molecule has 0 saturated carbocycles. The molecule has 0 bridgehead atoms. The van der Waals surface area contributed by atoms with Crippen molar-refractivity contribution in [1.82, 2.24) is 0 Å². The second-order valence-electron chi connectivity index (χ2n) is 11.3. The van der Waals surface area contributed by atoms with Crippen LogP contribution in [0.4, 0.5) is 4.39 Å². The summed E-state index contributed by atoms with van der Waals surface area (Å²) in [6, 6.07) is 11.2. The first-order chi connectivity index (χ1) is 20.1. The van der Waals surface area contributed by atoms with Crippen molar-refractivity contribution < 1.29 is 28.1 Å². The maximum atomic E-state index is 14.9. The number of esters is 1. The zero-order valence-corrected chi connectivity index (χ0v) is 25.3. The summed E-state index contributed by atoms with van der Waals surface area (Å²) in [7, 11) is 0. The van der Waals surface area contributed by atoms with Crippen LogP contribution in [0.2, 0.25) is 0 Å². The van der Waals surface area contributed by atoms with E-state index in [0.717, 1.165) is 18.6 Å². The van der Waals surface area contributed by atoms with Crippen LogP contribution in [0.5, 0.6) is 11.5 Å². The first-order valence-electron chi connectivity index (χ1n) is 16.1. The van der Waals surface area contributed by atoms with E-state index in [9.17, 15) is 9.18 Å². The molecule has 2 aromatic carbocycles. The van der Waals surface area contributed by atoms with Crippen LogP contribution >= 0.6 is 0 Å². The molecular weight excluding hydrogens is 519 g/mol. The van der Waals surface area contributed by atoms with Gasteiger partial charge in [-0.2, -0.15) is 0 Å². The highest BCUT2D eigenvalue weighted by atomic mass is 19.1. The number of ether oxygens (including phenoxy) is 4. The molecule has 0 aliphatic carbocycles. The van der Waals surface area contributed by atoms with E-state index in [2.05, 4.69) is 13.8 Å². The van der Waals surface area contributed by atoms with Gasteiger partial charge in [0.05, 0.1) is 25.4 Å². The van der Waals surface area contributed by atoms with E-state index < -0.39 is 18.1 Å². The topological polar surface area (TPSA) is 54.0 Å². The number of hydrogen-bond donors (Lipinski definition) is 0. The monoisotopic (exact) mass is 570 g/mol. The van der Waals surface area contributed by atoms with Crippen LogP contribution in [0.3, 0.4) is 0 Å². The van der Waals surface area contributed by atoms with Crippen LogP contribution in [-0.4, -0.2) is 25.8 Å². The number of unbranched alkanes of at least 4 members (excludes halogenated alkanes) is 12. The minimum atomic E-state index is -0.751. The summed E-state index contributed by atoms with van der Waals surface area (Å²) in [5.41, 5.74) is 0.441. The van der Waals surface area contributed by atoms with Crippen molar-refractivity contribution in [2.24, 2.45) is 5.92 Å². The van der Waals surface area contributed by atoms with Gasteiger partial charge in [-0.25, -0.2) is 9.18 Å². The third-order valence-corrected chi connectivity index (χ3v) is 7.72. The molecule has 1 aliphatic heterocycles. The van der Waals surface area contributed by atoms with Crippen molar-refractivity contribution in [1.29, 1.82) is 0 Å². The van der Waals surface area contributed by atoms with Gasteiger partial charge >= 0.3 is 5.97 Å². The van der Waals surface area contributed by atoms with Gasteiger partial charge in [-0.05, 0) is 49.2 Å². The average molecular weight is 571 g/mol. The molecule has 3 rings (SSSR count). The zero-order valence-electron chi connectivity index (χ0n) is 25.3. The average Bonchev–Trinajstić information content (AvgIpc) is 2.99. The first-order valence-corrected chi connectivity index (χ1v) is 16.1. The molecule has 1 saturated heterocycles. The maximum absolute atomic E-state index is 14.9. The molecule has 0 aromatic heterocycles.